The van der Waals surface area contributed by atoms with Gasteiger partial charge in [0.15, 0.2) is 5.78 Å². The summed E-state index contributed by atoms with van der Waals surface area (Å²) in [6.07, 6.45) is 5.10. The van der Waals surface area contributed by atoms with Crippen molar-refractivity contribution in [1.82, 2.24) is 0 Å². The van der Waals surface area contributed by atoms with Gasteiger partial charge in [-0.25, -0.2) is 0 Å². The number of hydrogen-bond acceptors (Lipinski definition) is 3. The van der Waals surface area contributed by atoms with Crippen molar-refractivity contribution in [2.75, 3.05) is 6.61 Å². The first kappa shape index (κ1) is 22.9. The number of fused-ring (bicyclic) bond motifs is 1. The molecule has 0 aliphatic rings. The van der Waals surface area contributed by atoms with Crippen LogP contribution in [-0.4, -0.2) is 12.4 Å². The Morgan fingerprint density at radius 2 is 1.74 bits per heavy atom. The molecule has 0 radical (unpaired) electrons. The maximum Gasteiger partial charge on any atom is 0.163 e. The third-order valence-electron chi connectivity index (χ3n) is 5.73. The fraction of sp³-hybridized carbons (Fsp3) is 0.393. The smallest absolute Gasteiger partial charge is 0.163 e. The zero-order chi connectivity index (χ0) is 22.1. The minimum atomic E-state index is 0.212. The van der Waals surface area contributed by atoms with Crippen LogP contribution in [0, 0.1) is 5.92 Å². The lowest BCUT2D eigenvalue weighted by atomic mass is 9.97. The van der Waals surface area contributed by atoms with Crippen LogP contribution in [0.5, 0.6) is 11.5 Å². The molecular formula is C28H34O3. The molecule has 0 aromatic heterocycles. The van der Waals surface area contributed by atoms with Crippen LogP contribution in [0.1, 0.15) is 68.8 Å². The van der Waals surface area contributed by atoms with Crippen LogP contribution in [0.15, 0.2) is 60.7 Å². The van der Waals surface area contributed by atoms with Crippen LogP contribution in [-0.2, 0) is 6.61 Å². The summed E-state index contributed by atoms with van der Waals surface area (Å²) in [6.45, 7) is 7.65. The standard InChI is InChI=1S/C28H34O3/c1-4-6-7-17-30-25-15-16-26-24(19-25)9-8-10-28(26)31-20-22-11-13-23(14-12-22)27(29)18-21(3)5-2/h8-16,19,21H,4-7,17-18,20H2,1-3H3/t21-/m1/s1. The summed E-state index contributed by atoms with van der Waals surface area (Å²) < 4.78 is 12.0. The number of carbonyl (C=O) groups is 1. The molecular weight excluding hydrogens is 384 g/mol. The zero-order valence-corrected chi connectivity index (χ0v) is 19.0. The van der Waals surface area contributed by atoms with Crippen molar-refractivity contribution in [2.45, 2.75) is 59.5 Å². The molecule has 31 heavy (non-hydrogen) atoms. The fourth-order valence-corrected chi connectivity index (χ4v) is 3.52. The number of ketones is 1. The van der Waals surface area contributed by atoms with Crippen LogP contribution < -0.4 is 9.47 Å². The molecule has 3 aromatic carbocycles. The van der Waals surface area contributed by atoms with Crippen molar-refractivity contribution in [3.8, 4) is 11.5 Å². The Hall–Kier alpha value is -2.81. The van der Waals surface area contributed by atoms with Gasteiger partial charge in [0.1, 0.15) is 18.1 Å². The van der Waals surface area contributed by atoms with Crippen molar-refractivity contribution >= 4 is 16.6 Å². The molecule has 0 amide bonds. The van der Waals surface area contributed by atoms with E-state index < -0.39 is 0 Å². The SMILES string of the molecule is CCCCCOc1ccc2c(OCc3ccc(C(=O)C[C@H](C)CC)cc3)cccc2c1. The molecule has 0 heterocycles. The van der Waals surface area contributed by atoms with Gasteiger partial charge < -0.3 is 9.47 Å². The van der Waals surface area contributed by atoms with E-state index in [1.54, 1.807) is 0 Å². The quantitative estimate of drug-likeness (QED) is 0.224. The van der Waals surface area contributed by atoms with Crippen molar-refractivity contribution in [1.29, 1.82) is 0 Å². The molecule has 0 N–H and O–H groups in total. The van der Waals surface area contributed by atoms with E-state index in [0.717, 1.165) is 52.8 Å². The molecule has 3 rings (SSSR count). The highest BCUT2D eigenvalue weighted by Gasteiger charge is 2.10. The minimum absolute atomic E-state index is 0.212. The number of benzene rings is 3. The van der Waals surface area contributed by atoms with Gasteiger partial charge >= 0.3 is 0 Å². The number of unbranched alkanes of at least 4 members (excludes halogenated alkanes) is 2. The second-order valence-electron chi connectivity index (χ2n) is 8.32. The monoisotopic (exact) mass is 418 g/mol. The lowest BCUT2D eigenvalue weighted by Gasteiger charge is -2.12. The maximum atomic E-state index is 12.3. The Morgan fingerprint density at radius 3 is 2.48 bits per heavy atom. The first-order chi connectivity index (χ1) is 15.1. The minimum Gasteiger partial charge on any atom is -0.494 e. The molecule has 0 aliphatic heterocycles. The van der Waals surface area contributed by atoms with Crippen molar-refractivity contribution in [3.63, 3.8) is 0 Å². The summed E-state index contributed by atoms with van der Waals surface area (Å²) in [7, 11) is 0. The molecule has 0 aliphatic carbocycles. The lowest BCUT2D eigenvalue weighted by molar-refractivity contribution is 0.0963. The molecule has 1 atom stereocenters. The second kappa shape index (κ2) is 11.5. The predicted molar refractivity (Wildman–Crippen MR) is 128 cm³/mol. The normalized spacial score (nSPS) is 12.0. The van der Waals surface area contributed by atoms with Crippen molar-refractivity contribution < 1.29 is 14.3 Å². The first-order valence-corrected chi connectivity index (χ1v) is 11.5. The second-order valence-corrected chi connectivity index (χ2v) is 8.32. The predicted octanol–water partition coefficient (Wildman–Crippen LogP) is 7.61. The van der Waals surface area contributed by atoms with E-state index >= 15 is 0 Å². The van der Waals surface area contributed by atoms with Crippen LogP contribution in [0.4, 0.5) is 0 Å². The van der Waals surface area contributed by atoms with E-state index in [9.17, 15) is 4.79 Å². The molecule has 164 valence electrons. The van der Waals surface area contributed by atoms with Gasteiger partial charge in [-0.1, -0.05) is 76.4 Å². The Morgan fingerprint density at radius 1 is 0.935 bits per heavy atom. The zero-order valence-electron chi connectivity index (χ0n) is 19.0. The first-order valence-electron chi connectivity index (χ1n) is 11.5. The highest BCUT2D eigenvalue weighted by atomic mass is 16.5. The van der Waals surface area contributed by atoms with Gasteiger partial charge in [-0.15, -0.1) is 0 Å². The largest absolute Gasteiger partial charge is 0.494 e. The highest BCUT2D eigenvalue weighted by molar-refractivity contribution is 5.96. The molecule has 0 saturated heterocycles. The van der Waals surface area contributed by atoms with Gasteiger partial charge in [-0.2, -0.15) is 0 Å². The Kier molecular flexibility index (Phi) is 8.52. The number of rotatable bonds is 12. The molecule has 0 unspecified atom stereocenters. The maximum absolute atomic E-state index is 12.3. The van der Waals surface area contributed by atoms with Crippen LogP contribution >= 0.6 is 0 Å². The average molecular weight is 419 g/mol. The van der Waals surface area contributed by atoms with Crippen LogP contribution in [0.25, 0.3) is 10.8 Å². The summed E-state index contributed by atoms with van der Waals surface area (Å²) in [5, 5.41) is 2.18. The van der Waals surface area contributed by atoms with E-state index in [4.69, 9.17) is 9.47 Å². The van der Waals surface area contributed by atoms with Gasteiger partial charge in [-0.3, -0.25) is 4.79 Å². The third kappa shape index (κ3) is 6.58. The molecule has 0 saturated carbocycles. The van der Waals surface area contributed by atoms with E-state index in [1.807, 2.05) is 42.5 Å². The Labute approximate surface area is 186 Å². The van der Waals surface area contributed by atoms with Gasteiger partial charge in [-0.05, 0) is 47.6 Å². The summed E-state index contributed by atoms with van der Waals surface area (Å²) >= 11 is 0. The Bertz CT molecular complexity index is 975. The molecule has 0 bridgehead atoms. The molecule has 3 nitrogen and oxygen atoms in total. The average Bonchev–Trinajstić information content (AvgIpc) is 2.80. The number of ether oxygens (including phenoxy) is 2. The fourth-order valence-electron chi connectivity index (χ4n) is 3.52. The Balaban J connectivity index is 1.62. The highest BCUT2D eigenvalue weighted by Crippen LogP contribution is 2.29. The molecule has 3 heteroatoms. The summed E-state index contributed by atoms with van der Waals surface area (Å²) in [4.78, 5) is 12.3. The summed E-state index contributed by atoms with van der Waals surface area (Å²) in [5.74, 6) is 2.39. The number of carbonyl (C=O) groups excluding carboxylic acids is 1. The van der Waals surface area contributed by atoms with E-state index in [0.29, 0.717) is 18.9 Å². The topological polar surface area (TPSA) is 35.5 Å². The van der Waals surface area contributed by atoms with E-state index in [-0.39, 0.29) is 5.78 Å². The summed E-state index contributed by atoms with van der Waals surface area (Å²) in [5.41, 5.74) is 1.83. The lowest BCUT2D eigenvalue weighted by Crippen LogP contribution is -2.05. The van der Waals surface area contributed by atoms with Crippen LogP contribution in [0.2, 0.25) is 0 Å². The third-order valence-corrected chi connectivity index (χ3v) is 5.73. The van der Waals surface area contributed by atoms with Gasteiger partial charge in [0, 0.05) is 17.4 Å². The van der Waals surface area contributed by atoms with E-state index in [2.05, 4.69) is 39.0 Å². The van der Waals surface area contributed by atoms with Crippen molar-refractivity contribution in [3.05, 3.63) is 71.8 Å². The molecule has 0 fully saturated rings. The molecule has 0 spiro atoms. The number of Topliss-reactive ketones (excluding diaryl/α,β-unsaturated/α-hetero) is 1. The van der Waals surface area contributed by atoms with Crippen molar-refractivity contribution in [2.24, 2.45) is 5.92 Å². The molecule has 3 aromatic rings. The van der Waals surface area contributed by atoms with Gasteiger partial charge in [0.05, 0.1) is 6.61 Å². The van der Waals surface area contributed by atoms with E-state index in [1.165, 1.54) is 12.8 Å². The summed E-state index contributed by atoms with van der Waals surface area (Å²) in [6, 6.07) is 20.0. The van der Waals surface area contributed by atoms with Gasteiger partial charge in [0.25, 0.3) is 0 Å². The van der Waals surface area contributed by atoms with Crippen LogP contribution in [0.3, 0.4) is 0 Å². The number of hydrogen-bond donors (Lipinski definition) is 0. The van der Waals surface area contributed by atoms with Gasteiger partial charge in [0.2, 0.25) is 0 Å².